The van der Waals surface area contributed by atoms with Gasteiger partial charge in [-0.25, -0.2) is 0 Å². The van der Waals surface area contributed by atoms with E-state index < -0.39 is 0 Å². The van der Waals surface area contributed by atoms with E-state index in [9.17, 15) is 0 Å². The Bertz CT molecular complexity index is 91.6. The van der Waals surface area contributed by atoms with E-state index in [0.717, 1.165) is 6.42 Å². The van der Waals surface area contributed by atoms with Crippen LogP contribution in [0.5, 0.6) is 0 Å². The summed E-state index contributed by atoms with van der Waals surface area (Å²) in [5.41, 5.74) is 0. The van der Waals surface area contributed by atoms with Gasteiger partial charge in [0.25, 0.3) is 0 Å². The topological polar surface area (TPSA) is 32.3 Å². The summed E-state index contributed by atoms with van der Waals surface area (Å²) in [6.07, 6.45) is 0.896. The van der Waals surface area contributed by atoms with Crippen molar-refractivity contribution in [1.29, 1.82) is 0 Å². The van der Waals surface area contributed by atoms with Crippen LogP contribution in [0.4, 0.5) is 0 Å². The molecule has 0 fully saturated rings. The SMILES string of the molecule is CC[C@@H](NC[C@H](C)O)C(C)C. The smallest absolute Gasteiger partial charge is 0.0636 e. The van der Waals surface area contributed by atoms with Gasteiger partial charge in [-0.2, -0.15) is 0 Å². The average Bonchev–Trinajstić information content (AvgIpc) is 1.87. The van der Waals surface area contributed by atoms with Crippen molar-refractivity contribution in [3.05, 3.63) is 0 Å². The van der Waals surface area contributed by atoms with Crippen LogP contribution >= 0.6 is 0 Å². The van der Waals surface area contributed by atoms with Gasteiger partial charge in [0.1, 0.15) is 0 Å². The van der Waals surface area contributed by atoms with E-state index in [1.165, 1.54) is 0 Å². The molecular weight excluding hydrogens is 138 g/mol. The monoisotopic (exact) mass is 159 g/mol. The third-order valence-electron chi connectivity index (χ3n) is 1.92. The molecule has 2 nitrogen and oxygen atoms in total. The number of rotatable bonds is 5. The van der Waals surface area contributed by atoms with E-state index in [1.54, 1.807) is 6.92 Å². The number of hydrogen-bond donors (Lipinski definition) is 2. The Morgan fingerprint density at radius 2 is 1.82 bits per heavy atom. The first-order chi connectivity index (χ1) is 5.07. The van der Waals surface area contributed by atoms with Crippen LogP contribution in [0.15, 0.2) is 0 Å². The Balaban J connectivity index is 3.52. The van der Waals surface area contributed by atoms with Crippen molar-refractivity contribution in [3.63, 3.8) is 0 Å². The van der Waals surface area contributed by atoms with E-state index in [4.69, 9.17) is 5.11 Å². The number of hydrogen-bond acceptors (Lipinski definition) is 2. The van der Waals surface area contributed by atoms with Gasteiger partial charge in [-0.15, -0.1) is 0 Å². The van der Waals surface area contributed by atoms with Crippen LogP contribution in [0.2, 0.25) is 0 Å². The van der Waals surface area contributed by atoms with Gasteiger partial charge in [0.05, 0.1) is 6.10 Å². The van der Waals surface area contributed by atoms with Crippen molar-refractivity contribution >= 4 is 0 Å². The van der Waals surface area contributed by atoms with Crippen LogP contribution < -0.4 is 5.32 Å². The normalized spacial score (nSPS) is 16.9. The Hall–Kier alpha value is -0.0800. The molecular formula is C9H21NO. The van der Waals surface area contributed by atoms with E-state index in [-0.39, 0.29) is 6.10 Å². The molecule has 0 rings (SSSR count). The molecule has 0 aliphatic rings. The number of aliphatic hydroxyl groups excluding tert-OH is 1. The molecule has 0 aromatic rings. The Morgan fingerprint density at radius 1 is 1.27 bits per heavy atom. The Kier molecular flexibility index (Phi) is 5.51. The maximum Gasteiger partial charge on any atom is 0.0636 e. The number of aliphatic hydroxyl groups is 1. The van der Waals surface area contributed by atoms with E-state index in [0.29, 0.717) is 18.5 Å². The molecule has 0 heterocycles. The highest BCUT2D eigenvalue weighted by atomic mass is 16.3. The summed E-state index contributed by atoms with van der Waals surface area (Å²) in [4.78, 5) is 0. The zero-order valence-electron chi connectivity index (χ0n) is 8.09. The van der Waals surface area contributed by atoms with Gasteiger partial charge >= 0.3 is 0 Å². The average molecular weight is 159 g/mol. The highest BCUT2D eigenvalue weighted by Gasteiger charge is 2.09. The summed E-state index contributed by atoms with van der Waals surface area (Å²) in [7, 11) is 0. The first-order valence-electron chi connectivity index (χ1n) is 4.49. The van der Waals surface area contributed by atoms with E-state index in [1.807, 2.05) is 0 Å². The predicted octanol–water partition coefficient (Wildman–Crippen LogP) is 1.39. The third kappa shape index (κ3) is 5.22. The molecule has 0 saturated carbocycles. The molecule has 68 valence electrons. The van der Waals surface area contributed by atoms with Gasteiger partial charge in [0, 0.05) is 12.6 Å². The van der Waals surface area contributed by atoms with Crippen LogP contribution in [-0.4, -0.2) is 23.8 Å². The highest BCUT2D eigenvalue weighted by Crippen LogP contribution is 2.04. The first-order valence-corrected chi connectivity index (χ1v) is 4.49. The van der Waals surface area contributed by atoms with Gasteiger partial charge in [-0.05, 0) is 19.3 Å². The van der Waals surface area contributed by atoms with Crippen LogP contribution in [-0.2, 0) is 0 Å². The summed E-state index contributed by atoms with van der Waals surface area (Å²) >= 11 is 0. The van der Waals surface area contributed by atoms with Crippen LogP contribution in [0.3, 0.4) is 0 Å². The molecule has 0 amide bonds. The largest absolute Gasteiger partial charge is 0.392 e. The lowest BCUT2D eigenvalue weighted by Gasteiger charge is -2.21. The van der Waals surface area contributed by atoms with Crippen molar-refractivity contribution in [3.8, 4) is 0 Å². The molecule has 0 bridgehead atoms. The number of nitrogens with one attached hydrogen (secondary N) is 1. The second-order valence-corrected chi connectivity index (χ2v) is 3.52. The minimum Gasteiger partial charge on any atom is -0.392 e. The van der Waals surface area contributed by atoms with Gasteiger partial charge < -0.3 is 10.4 Å². The van der Waals surface area contributed by atoms with Crippen molar-refractivity contribution in [2.45, 2.75) is 46.3 Å². The van der Waals surface area contributed by atoms with Crippen molar-refractivity contribution in [2.24, 2.45) is 5.92 Å². The van der Waals surface area contributed by atoms with E-state index >= 15 is 0 Å². The second kappa shape index (κ2) is 5.56. The molecule has 0 aliphatic carbocycles. The molecule has 0 unspecified atom stereocenters. The molecule has 11 heavy (non-hydrogen) atoms. The zero-order chi connectivity index (χ0) is 8.85. The highest BCUT2D eigenvalue weighted by molar-refractivity contribution is 4.69. The predicted molar refractivity (Wildman–Crippen MR) is 48.6 cm³/mol. The van der Waals surface area contributed by atoms with Gasteiger partial charge in [-0.3, -0.25) is 0 Å². The third-order valence-corrected chi connectivity index (χ3v) is 1.92. The molecule has 0 aromatic carbocycles. The van der Waals surface area contributed by atoms with Gasteiger partial charge in [-0.1, -0.05) is 20.8 Å². The van der Waals surface area contributed by atoms with Crippen LogP contribution in [0, 0.1) is 5.92 Å². The fourth-order valence-corrected chi connectivity index (χ4v) is 1.17. The quantitative estimate of drug-likeness (QED) is 0.635. The molecule has 0 radical (unpaired) electrons. The summed E-state index contributed by atoms with van der Waals surface area (Å²) < 4.78 is 0. The van der Waals surface area contributed by atoms with Crippen molar-refractivity contribution in [2.75, 3.05) is 6.54 Å². The maximum absolute atomic E-state index is 9.02. The fraction of sp³-hybridized carbons (Fsp3) is 1.00. The van der Waals surface area contributed by atoms with Crippen molar-refractivity contribution < 1.29 is 5.11 Å². The van der Waals surface area contributed by atoms with Crippen LogP contribution in [0.1, 0.15) is 34.1 Å². The summed E-state index contributed by atoms with van der Waals surface area (Å²) in [5, 5.41) is 12.3. The van der Waals surface area contributed by atoms with Gasteiger partial charge in [0.15, 0.2) is 0 Å². The minimum atomic E-state index is -0.234. The lowest BCUT2D eigenvalue weighted by Crippen LogP contribution is -2.37. The minimum absolute atomic E-state index is 0.234. The Morgan fingerprint density at radius 3 is 2.09 bits per heavy atom. The van der Waals surface area contributed by atoms with Crippen molar-refractivity contribution in [1.82, 2.24) is 5.32 Å². The molecule has 0 saturated heterocycles. The summed E-state index contributed by atoms with van der Waals surface area (Å²) in [6, 6.07) is 0.546. The second-order valence-electron chi connectivity index (χ2n) is 3.52. The molecule has 2 heteroatoms. The van der Waals surface area contributed by atoms with E-state index in [2.05, 4.69) is 26.1 Å². The fourth-order valence-electron chi connectivity index (χ4n) is 1.17. The zero-order valence-corrected chi connectivity index (χ0v) is 8.09. The molecule has 2 atom stereocenters. The lowest BCUT2D eigenvalue weighted by molar-refractivity contribution is 0.180. The molecule has 0 aliphatic heterocycles. The first kappa shape index (κ1) is 10.9. The Labute approximate surface area is 70.0 Å². The lowest BCUT2D eigenvalue weighted by atomic mass is 10.0. The summed E-state index contributed by atoms with van der Waals surface area (Å²) in [6.45, 7) is 9.07. The van der Waals surface area contributed by atoms with Gasteiger partial charge in [0.2, 0.25) is 0 Å². The maximum atomic E-state index is 9.02. The van der Waals surface area contributed by atoms with Crippen LogP contribution in [0.25, 0.3) is 0 Å². The molecule has 0 aromatic heterocycles. The molecule has 2 N–H and O–H groups in total. The molecule has 0 spiro atoms. The standard InChI is InChI=1S/C9H21NO/c1-5-9(7(2)3)10-6-8(4)11/h7-11H,5-6H2,1-4H3/t8-,9+/m0/s1. The summed E-state index contributed by atoms with van der Waals surface area (Å²) in [5.74, 6) is 0.652.